The maximum absolute atomic E-state index is 4.36. The SMILES string of the molecule is C1CSC(NCCN2CCSCC2)=N1. The summed E-state index contributed by atoms with van der Waals surface area (Å²) in [6.45, 7) is 5.72. The van der Waals surface area contributed by atoms with Gasteiger partial charge in [0.2, 0.25) is 0 Å². The minimum absolute atomic E-state index is 0.993. The normalized spacial score (nSPS) is 23.6. The number of aliphatic imine (C=N–C) groups is 1. The lowest BCUT2D eigenvalue weighted by atomic mass is 10.4. The molecule has 2 aliphatic rings. The standard InChI is InChI=1S/C9H17N3S2/c1(10-9-11-2-6-14-9)3-12-4-7-13-8-5-12/h1-8H2,(H,10,11). The van der Waals surface area contributed by atoms with Gasteiger partial charge < -0.3 is 5.32 Å². The first-order valence-electron chi connectivity index (χ1n) is 5.16. The van der Waals surface area contributed by atoms with Crippen LogP contribution in [0.3, 0.4) is 0 Å². The summed E-state index contributed by atoms with van der Waals surface area (Å²) < 4.78 is 0. The van der Waals surface area contributed by atoms with Crippen LogP contribution in [0.2, 0.25) is 0 Å². The van der Waals surface area contributed by atoms with E-state index in [1.165, 1.54) is 31.1 Å². The summed E-state index contributed by atoms with van der Waals surface area (Å²) in [5, 5.41) is 4.54. The Morgan fingerprint density at radius 3 is 2.86 bits per heavy atom. The van der Waals surface area contributed by atoms with Crippen LogP contribution in [0.5, 0.6) is 0 Å². The zero-order chi connectivity index (χ0) is 9.64. The zero-order valence-electron chi connectivity index (χ0n) is 8.37. The van der Waals surface area contributed by atoms with Crippen LogP contribution in [0.25, 0.3) is 0 Å². The zero-order valence-corrected chi connectivity index (χ0v) is 10.0. The molecule has 3 nitrogen and oxygen atoms in total. The van der Waals surface area contributed by atoms with Crippen molar-refractivity contribution in [3.63, 3.8) is 0 Å². The Labute approximate surface area is 94.1 Å². The molecule has 1 saturated heterocycles. The summed E-state index contributed by atoms with van der Waals surface area (Å²) in [5.41, 5.74) is 0. The number of rotatable bonds is 3. The summed E-state index contributed by atoms with van der Waals surface area (Å²) in [5.74, 6) is 3.76. The molecule has 2 rings (SSSR count). The molecule has 2 aliphatic heterocycles. The van der Waals surface area contributed by atoms with Gasteiger partial charge in [0.15, 0.2) is 5.17 Å². The molecule has 0 unspecified atom stereocenters. The molecule has 80 valence electrons. The predicted octanol–water partition coefficient (Wildman–Crippen LogP) is 0.728. The van der Waals surface area contributed by atoms with Crippen molar-refractivity contribution in [3.8, 4) is 0 Å². The third-order valence-electron chi connectivity index (χ3n) is 2.39. The van der Waals surface area contributed by atoms with Crippen LogP contribution in [0.1, 0.15) is 0 Å². The van der Waals surface area contributed by atoms with E-state index in [1.807, 2.05) is 11.8 Å². The Kier molecular flexibility index (Phi) is 4.47. The Balaban J connectivity index is 1.57. The molecule has 0 saturated carbocycles. The summed E-state index contributed by atoms with van der Waals surface area (Å²) in [6.07, 6.45) is 0. The molecule has 0 aromatic rings. The second-order valence-electron chi connectivity index (χ2n) is 3.42. The fraction of sp³-hybridized carbons (Fsp3) is 0.889. The summed E-state index contributed by atoms with van der Waals surface area (Å²) in [6, 6.07) is 0. The smallest absolute Gasteiger partial charge is 0.156 e. The van der Waals surface area contributed by atoms with Crippen molar-refractivity contribution in [1.82, 2.24) is 10.2 Å². The molecule has 0 radical (unpaired) electrons. The minimum Gasteiger partial charge on any atom is -0.364 e. The minimum atomic E-state index is 0.993. The van der Waals surface area contributed by atoms with Crippen LogP contribution in [0.15, 0.2) is 4.99 Å². The average Bonchev–Trinajstić information content (AvgIpc) is 2.72. The molecular weight excluding hydrogens is 214 g/mol. The van der Waals surface area contributed by atoms with Gasteiger partial charge >= 0.3 is 0 Å². The van der Waals surface area contributed by atoms with Crippen molar-refractivity contribution in [1.29, 1.82) is 0 Å². The van der Waals surface area contributed by atoms with Gasteiger partial charge in [-0.2, -0.15) is 11.8 Å². The molecule has 0 spiro atoms. The second-order valence-corrected chi connectivity index (χ2v) is 5.72. The van der Waals surface area contributed by atoms with Crippen LogP contribution < -0.4 is 5.32 Å². The Hall–Kier alpha value is 0.130. The second kappa shape index (κ2) is 5.88. The first-order valence-corrected chi connectivity index (χ1v) is 7.30. The van der Waals surface area contributed by atoms with Crippen LogP contribution in [-0.4, -0.2) is 60.0 Å². The first-order chi connectivity index (χ1) is 6.95. The van der Waals surface area contributed by atoms with E-state index < -0.39 is 0 Å². The number of amidine groups is 1. The van der Waals surface area contributed by atoms with E-state index in [0.29, 0.717) is 0 Å². The molecule has 5 heteroatoms. The third-order valence-corrected chi connectivity index (χ3v) is 4.27. The summed E-state index contributed by atoms with van der Waals surface area (Å²) in [4.78, 5) is 6.90. The lowest BCUT2D eigenvalue weighted by molar-refractivity contribution is 0.307. The van der Waals surface area contributed by atoms with Gasteiger partial charge in [0, 0.05) is 43.4 Å². The maximum Gasteiger partial charge on any atom is 0.156 e. The topological polar surface area (TPSA) is 27.6 Å². The molecule has 0 bridgehead atoms. The van der Waals surface area contributed by atoms with Crippen LogP contribution >= 0.6 is 23.5 Å². The van der Waals surface area contributed by atoms with E-state index in [4.69, 9.17) is 0 Å². The molecule has 0 aliphatic carbocycles. The molecular formula is C9H17N3S2. The van der Waals surface area contributed by atoms with E-state index >= 15 is 0 Å². The van der Waals surface area contributed by atoms with E-state index in [2.05, 4.69) is 27.0 Å². The number of thioether (sulfide) groups is 2. The van der Waals surface area contributed by atoms with Gasteiger partial charge in [0.05, 0.1) is 6.54 Å². The Bertz CT molecular complexity index is 202. The van der Waals surface area contributed by atoms with Gasteiger partial charge in [-0.1, -0.05) is 11.8 Å². The quantitative estimate of drug-likeness (QED) is 0.775. The fourth-order valence-electron chi connectivity index (χ4n) is 1.59. The van der Waals surface area contributed by atoms with Crippen molar-refractivity contribution < 1.29 is 0 Å². The van der Waals surface area contributed by atoms with Gasteiger partial charge in [0.25, 0.3) is 0 Å². The molecule has 1 N–H and O–H groups in total. The van der Waals surface area contributed by atoms with Crippen molar-refractivity contribution in [2.45, 2.75) is 0 Å². The first kappa shape index (κ1) is 10.6. The van der Waals surface area contributed by atoms with Crippen molar-refractivity contribution in [2.75, 3.05) is 50.0 Å². The molecule has 0 aromatic heterocycles. The number of hydrogen-bond donors (Lipinski definition) is 1. The predicted molar refractivity (Wildman–Crippen MR) is 66.5 cm³/mol. The summed E-state index contributed by atoms with van der Waals surface area (Å²) in [7, 11) is 0. The van der Waals surface area contributed by atoms with Crippen LogP contribution in [0, 0.1) is 0 Å². The van der Waals surface area contributed by atoms with Gasteiger partial charge in [0.1, 0.15) is 0 Å². The highest BCUT2D eigenvalue weighted by atomic mass is 32.2. The lowest BCUT2D eigenvalue weighted by Gasteiger charge is -2.26. The number of hydrogen-bond acceptors (Lipinski definition) is 5. The van der Waals surface area contributed by atoms with Crippen LogP contribution in [-0.2, 0) is 0 Å². The number of nitrogens with one attached hydrogen (secondary N) is 1. The fourth-order valence-corrected chi connectivity index (χ4v) is 3.33. The van der Waals surface area contributed by atoms with Crippen molar-refractivity contribution >= 4 is 28.7 Å². The Morgan fingerprint density at radius 2 is 2.14 bits per heavy atom. The molecule has 0 atom stereocenters. The van der Waals surface area contributed by atoms with Crippen LogP contribution in [0.4, 0.5) is 0 Å². The van der Waals surface area contributed by atoms with Crippen molar-refractivity contribution in [2.24, 2.45) is 4.99 Å². The largest absolute Gasteiger partial charge is 0.364 e. The van der Waals surface area contributed by atoms with Gasteiger partial charge in [-0.25, -0.2) is 0 Å². The highest BCUT2D eigenvalue weighted by Gasteiger charge is 2.10. The van der Waals surface area contributed by atoms with Crippen molar-refractivity contribution in [3.05, 3.63) is 0 Å². The molecule has 14 heavy (non-hydrogen) atoms. The van der Waals surface area contributed by atoms with E-state index in [-0.39, 0.29) is 0 Å². The molecule has 0 amide bonds. The summed E-state index contributed by atoms with van der Waals surface area (Å²) >= 11 is 3.91. The van der Waals surface area contributed by atoms with Gasteiger partial charge in [-0.15, -0.1) is 0 Å². The monoisotopic (exact) mass is 231 g/mol. The lowest BCUT2D eigenvalue weighted by Crippen LogP contribution is -2.38. The Morgan fingerprint density at radius 1 is 1.29 bits per heavy atom. The maximum atomic E-state index is 4.36. The van der Waals surface area contributed by atoms with E-state index in [1.54, 1.807) is 0 Å². The molecule has 2 heterocycles. The average molecular weight is 231 g/mol. The molecule has 1 fully saturated rings. The molecule has 0 aromatic carbocycles. The van der Waals surface area contributed by atoms with Gasteiger partial charge in [-0.05, 0) is 0 Å². The van der Waals surface area contributed by atoms with E-state index in [9.17, 15) is 0 Å². The van der Waals surface area contributed by atoms with E-state index in [0.717, 1.165) is 24.0 Å². The third kappa shape index (κ3) is 3.37. The highest BCUT2D eigenvalue weighted by Crippen LogP contribution is 2.10. The number of nitrogens with zero attached hydrogens (tertiary/aromatic N) is 2. The van der Waals surface area contributed by atoms with Gasteiger partial charge in [-0.3, -0.25) is 9.89 Å². The highest BCUT2D eigenvalue weighted by molar-refractivity contribution is 8.14.